The second-order valence-electron chi connectivity index (χ2n) is 2.48. The van der Waals surface area contributed by atoms with E-state index in [2.05, 4.69) is 21.2 Å². The molecule has 1 N–H and O–H groups in total. The molecule has 0 aromatic heterocycles. The zero-order valence-electron chi connectivity index (χ0n) is 7.06. The maximum Gasteiger partial charge on any atom is 0.233 e. The number of thioether (sulfide) groups is 1. The summed E-state index contributed by atoms with van der Waals surface area (Å²) in [7, 11) is 0. The van der Waals surface area contributed by atoms with E-state index in [1.165, 1.54) is 0 Å². The van der Waals surface area contributed by atoms with Crippen molar-refractivity contribution in [3.05, 3.63) is 0 Å². The number of rotatable bonds is 4. The average molecular weight is 240 g/mol. The minimum Gasteiger partial charge on any atom is -0.352 e. The molecule has 2 nitrogen and oxygen atoms in total. The Morgan fingerprint density at radius 3 is 2.55 bits per heavy atom. The number of halogens is 1. The molecule has 11 heavy (non-hydrogen) atoms. The number of hydrogen-bond acceptors (Lipinski definition) is 2. The smallest absolute Gasteiger partial charge is 0.233 e. The summed E-state index contributed by atoms with van der Waals surface area (Å²) in [6.45, 7) is 3.82. The Morgan fingerprint density at radius 2 is 2.18 bits per heavy atom. The van der Waals surface area contributed by atoms with E-state index < -0.39 is 0 Å². The minimum absolute atomic E-state index is 0.0616. The third kappa shape index (κ3) is 5.56. The molecule has 4 heteroatoms. The Bertz CT molecular complexity index is 130. The summed E-state index contributed by atoms with van der Waals surface area (Å²) in [6, 6.07) is 0.262. The zero-order valence-corrected chi connectivity index (χ0v) is 9.46. The van der Waals surface area contributed by atoms with Gasteiger partial charge in [0.1, 0.15) is 0 Å². The van der Waals surface area contributed by atoms with E-state index in [0.29, 0.717) is 0 Å². The molecule has 0 saturated carbocycles. The molecular weight excluding hydrogens is 226 g/mol. The second kappa shape index (κ2) is 5.89. The van der Waals surface area contributed by atoms with Crippen molar-refractivity contribution in [2.75, 3.05) is 12.0 Å². The third-order valence-corrected chi connectivity index (χ3v) is 2.42. The lowest BCUT2D eigenvalue weighted by molar-refractivity contribution is -0.120. The Labute approximate surface area is 80.6 Å². The maximum absolute atomic E-state index is 11.1. The van der Waals surface area contributed by atoms with Crippen LogP contribution in [0.2, 0.25) is 0 Å². The number of carbonyl (C=O) groups is 1. The fourth-order valence-corrected chi connectivity index (χ4v) is 1.36. The molecule has 1 amide bonds. The summed E-state index contributed by atoms with van der Waals surface area (Å²) >= 11 is 4.93. The summed E-state index contributed by atoms with van der Waals surface area (Å²) in [5.41, 5.74) is 0. The topological polar surface area (TPSA) is 29.1 Å². The number of hydrogen-bond donors (Lipinski definition) is 1. The molecule has 0 bridgehead atoms. The molecule has 2 unspecified atom stereocenters. The van der Waals surface area contributed by atoms with Gasteiger partial charge in [0, 0.05) is 11.8 Å². The van der Waals surface area contributed by atoms with Crippen LogP contribution in [0.3, 0.4) is 0 Å². The summed E-state index contributed by atoms with van der Waals surface area (Å²) in [4.78, 5) is 11.0. The van der Waals surface area contributed by atoms with Crippen molar-refractivity contribution in [3.8, 4) is 0 Å². The van der Waals surface area contributed by atoms with Gasteiger partial charge in [-0.25, -0.2) is 0 Å². The predicted molar refractivity (Wildman–Crippen MR) is 54.4 cm³/mol. The number of amides is 1. The van der Waals surface area contributed by atoms with Crippen LogP contribution in [0, 0.1) is 0 Å². The first-order valence-electron chi connectivity index (χ1n) is 3.51. The van der Waals surface area contributed by atoms with Gasteiger partial charge < -0.3 is 5.32 Å². The van der Waals surface area contributed by atoms with Crippen LogP contribution in [0.5, 0.6) is 0 Å². The van der Waals surface area contributed by atoms with Crippen molar-refractivity contribution in [1.82, 2.24) is 5.32 Å². The molecule has 0 aliphatic heterocycles. The number of carbonyl (C=O) groups excluding carboxylic acids is 1. The summed E-state index contributed by atoms with van der Waals surface area (Å²) in [6.07, 6.45) is 2.03. The third-order valence-electron chi connectivity index (χ3n) is 1.17. The zero-order chi connectivity index (χ0) is 8.85. The lowest BCUT2D eigenvalue weighted by atomic mass is 10.3. The van der Waals surface area contributed by atoms with Gasteiger partial charge in [0.2, 0.25) is 5.91 Å². The monoisotopic (exact) mass is 239 g/mol. The Kier molecular flexibility index (Phi) is 6.05. The number of nitrogens with one attached hydrogen (secondary N) is 1. The molecule has 0 radical (unpaired) electrons. The first kappa shape index (κ1) is 11.3. The van der Waals surface area contributed by atoms with Gasteiger partial charge >= 0.3 is 0 Å². The van der Waals surface area contributed by atoms with Crippen LogP contribution in [-0.4, -0.2) is 28.8 Å². The van der Waals surface area contributed by atoms with Gasteiger partial charge in [0.05, 0.1) is 4.83 Å². The Morgan fingerprint density at radius 1 is 1.64 bits per heavy atom. The maximum atomic E-state index is 11.1. The summed E-state index contributed by atoms with van der Waals surface area (Å²) in [5.74, 6) is 1.03. The van der Waals surface area contributed by atoms with Crippen LogP contribution in [0.4, 0.5) is 0 Å². The van der Waals surface area contributed by atoms with Crippen molar-refractivity contribution >= 4 is 33.6 Å². The highest BCUT2D eigenvalue weighted by molar-refractivity contribution is 9.10. The highest BCUT2D eigenvalue weighted by Gasteiger charge is 2.10. The van der Waals surface area contributed by atoms with Crippen molar-refractivity contribution in [1.29, 1.82) is 0 Å². The van der Waals surface area contributed by atoms with E-state index in [1.54, 1.807) is 11.8 Å². The van der Waals surface area contributed by atoms with E-state index in [-0.39, 0.29) is 16.8 Å². The molecule has 0 heterocycles. The van der Waals surface area contributed by atoms with E-state index in [9.17, 15) is 4.79 Å². The number of alkyl halides is 1. The molecule has 0 fully saturated rings. The molecule has 0 saturated heterocycles. The first-order valence-corrected chi connectivity index (χ1v) is 5.82. The lowest BCUT2D eigenvalue weighted by Gasteiger charge is -2.13. The van der Waals surface area contributed by atoms with Crippen LogP contribution >= 0.6 is 27.7 Å². The molecule has 0 aliphatic rings. The lowest BCUT2D eigenvalue weighted by Crippen LogP contribution is -2.37. The molecular formula is C7H14BrNOS. The van der Waals surface area contributed by atoms with Crippen LogP contribution in [0.25, 0.3) is 0 Å². The fourth-order valence-electron chi connectivity index (χ4n) is 0.649. The van der Waals surface area contributed by atoms with Crippen LogP contribution in [0.15, 0.2) is 0 Å². The van der Waals surface area contributed by atoms with E-state index >= 15 is 0 Å². The molecule has 0 spiro atoms. The minimum atomic E-state index is -0.0909. The quantitative estimate of drug-likeness (QED) is 0.757. The second-order valence-corrected chi connectivity index (χ2v) is 4.77. The highest BCUT2D eigenvalue weighted by atomic mass is 79.9. The fraction of sp³-hybridized carbons (Fsp3) is 0.857. The first-order chi connectivity index (χ1) is 5.07. The van der Waals surface area contributed by atoms with Gasteiger partial charge in [-0.15, -0.1) is 0 Å². The predicted octanol–water partition coefficient (Wildman–Crippen LogP) is 1.64. The normalized spacial score (nSPS) is 15.6. The summed E-state index contributed by atoms with van der Waals surface area (Å²) in [5, 5.41) is 2.87. The molecule has 0 aromatic rings. The van der Waals surface area contributed by atoms with Gasteiger partial charge in [0.25, 0.3) is 0 Å². The van der Waals surface area contributed by atoms with Gasteiger partial charge in [-0.05, 0) is 20.1 Å². The van der Waals surface area contributed by atoms with Gasteiger partial charge in [0.15, 0.2) is 0 Å². The molecule has 0 aliphatic carbocycles. The van der Waals surface area contributed by atoms with E-state index in [4.69, 9.17) is 0 Å². The van der Waals surface area contributed by atoms with E-state index in [1.807, 2.05) is 20.1 Å². The average Bonchev–Trinajstić information content (AvgIpc) is 1.87. The largest absolute Gasteiger partial charge is 0.352 e. The van der Waals surface area contributed by atoms with Gasteiger partial charge in [-0.3, -0.25) is 4.79 Å². The van der Waals surface area contributed by atoms with Crippen molar-refractivity contribution in [3.63, 3.8) is 0 Å². The molecule has 66 valence electrons. The highest BCUT2D eigenvalue weighted by Crippen LogP contribution is 2.00. The molecule has 2 atom stereocenters. The van der Waals surface area contributed by atoms with Gasteiger partial charge in [-0.2, -0.15) is 11.8 Å². The van der Waals surface area contributed by atoms with Crippen molar-refractivity contribution in [2.45, 2.75) is 24.7 Å². The van der Waals surface area contributed by atoms with Crippen LogP contribution in [0.1, 0.15) is 13.8 Å². The molecule has 0 rings (SSSR count). The van der Waals surface area contributed by atoms with Crippen molar-refractivity contribution in [2.24, 2.45) is 0 Å². The van der Waals surface area contributed by atoms with Crippen molar-refractivity contribution < 1.29 is 4.79 Å². The molecule has 0 aromatic carbocycles. The van der Waals surface area contributed by atoms with Gasteiger partial charge in [-0.1, -0.05) is 15.9 Å². The Balaban J connectivity index is 3.57. The van der Waals surface area contributed by atoms with Crippen LogP contribution in [-0.2, 0) is 4.79 Å². The Hall–Kier alpha value is 0.300. The standard InChI is InChI=1S/C7H14BrNOS/c1-5(4-11-3)9-7(10)6(2)8/h5-6H,4H2,1-3H3,(H,9,10). The summed E-state index contributed by atoms with van der Waals surface area (Å²) < 4.78 is 0. The SMILES string of the molecule is CSCC(C)NC(=O)C(C)Br. The van der Waals surface area contributed by atoms with E-state index in [0.717, 1.165) is 5.75 Å². The van der Waals surface area contributed by atoms with Crippen LogP contribution < -0.4 is 5.32 Å².